The van der Waals surface area contributed by atoms with E-state index in [1.165, 1.54) is 25.1 Å². The number of aliphatic hydroxyl groups excluding tert-OH is 1. The van der Waals surface area contributed by atoms with Gasteiger partial charge in [0.05, 0.1) is 12.0 Å². The summed E-state index contributed by atoms with van der Waals surface area (Å²) >= 11 is 5.71. The Hall–Kier alpha value is -2.13. The molecule has 10 heteroatoms. The summed E-state index contributed by atoms with van der Waals surface area (Å²) in [4.78, 5) is 15.5. The van der Waals surface area contributed by atoms with Crippen LogP contribution in [0.2, 0.25) is 0 Å². The number of amides is 1. The van der Waals surface area contributed by atoms with Crippen LogP contribution in [0.15, 0.2) is 22.7 Å². The minimum Gasteiger partial charge on any atom is -0.395 e. The zero-order valence-electron chi connectivity index (χ0n) is 13.3. The molecule has 25 heavy (non-hydrogen) atoms. The first kappa shape index (κ1) is 19.2. The summed E-state index contributed by atoms with van der Waals surface area (Å²) in [5.74, 6) is -2.19. The number of benzene rings is 1. The van der Waals surface area contributed by atoms with Crippen LogP contribution in [-0.4, -0.2) is 33.6 Å². The summed E-state index contributed by atoms with van der Waals surface area (Å²) in [5.41, 5.74) is 0.149. The van der Waals surface area contributed by atoms with Gasteiger partial charge in [0, 0.05) is 17.1 Å². The predicted molar refractivity (Wildman–Crippen MR) is 84.0 cm³/mol. The van der Waals surface area contributed by atoms with E-state index in [4.69, 9.17) is 11.6 Å². The van der Waals surface area contributed by atoms with Crippen LogP contribution in [0.3, 0.4) is 0 Å². The molecular weight excluding hydrogens is 363 g/mol. The molecule has 0 aliphatic heterocycles. The van der Waals surface area contributed by atoms with Gasteiger partial charge in [0.25, 0.3) is 0 Å². The first-order chi connectivity index (χ1) is 11.6. The number of carbonyl (C=O) groups excluding carboxylic acids is 1. The molecule has 1 aromatic heterocycles. The molecule has 1 amide bonds. The zero-order valence-corrected chi connectivity index (χ0v) is 14.1. The highest BCUT2D eigenvalue weighted by Crippen LogP contribution is 2.30. The maximum atomic E-state index is 12.5. The van der Waals surface area contributed by atoms with Crippen molar-refractivity contribution in [1.29, 1.82) is 0 Å². The van der Waals surface area contributed by atoms with E-state index >= 15 is 0 Å². The van der Waals surface area contributed by atoms with Crippen LogP contribution < -0.4 is 5.32 Å². The van der Waals surface area contributed by atoms with Gasteiger partial charge in [-0.05, 0) is 37.6 Å². The largest absolute Gasteiger partial charge is 0.471 e. The Bertz CT molecular complexity index is 773. The third kappa shape index (κ3) is 4.10. The Balaban J connectivity index is 2.24. The third-order valence-corrected chi connectivity index (χ3v) is 4.18. The molecule has 0 bridgehead atoms. The molecule has 2 aromatic rings. The number of hydrogen-bond donors (Lipinski definition) is 2. The van der Waals surface area contributed by atoms with Crippen LogP contribution in [0.1, 0.15) is 18.4 Å². The number of aryl methyl sites for hydroxylation is 1. The maximum Gasteiger partial charge on any atom is 0.471 e. The van der Waals surface area contributed by atoms with Gasteiger partial charge in [-0.2, -0.15) is 18.2 Å². The molecule has 1 unspecified atom stereocenters. The number of hydrogen-bond acceptors (Lipinski definition) is 5. The average molecular weight is 378 g/mol. The Labute approximate surface area is 146 Å². The minimum atomic E-state index is -4.72. The van der Waals surface area contributed by atoms with Gasteiger partial charge in [-0.15, -0.1) is 11.6 Å². The molecule has 0 aliphatic carbocycles. The van der Waals surface area contributed by atoms with Crippen LogP contribution >= 0.6 is 11.6 Å². The Kier molecular flexibility index (Phi) is 5.38. The highest BCUT2D eigenvalue weighted by Gasteiger charge is 2.38. The van der Waals surface area contributed by atoms with Crippen molar-refractivity contribution < 1.29 is 27.6 Å². The van der Waals surface area contributed by atoms with Crippen LogP contribution in [0.25, 0.3) is 11.4 Å². The fourth-order valence-corrected chi connectivity index (χ4v) is 2.05. The van der Waals surface area contributed by atoms with Crippen molar-refractivity contribution in [3.63, 3.8) is 0 Å². The predicted octanol–water partition coefficient (Wildman–Crippen LogP) is 3.24. The van der Waals surface area contributed by atoms with E-state index in [-0.39, 0.29) is 11.7 Å². The molecule has 0 saturated heterocycles. The van der Waals surface area contributed by atoms with E-state index in [2.05, 4.69) is 20.0 Å². The van der Waals surface area contributed by atoms with Gasteiger partial charge >= 0.3 is 12.1 Å². The lowest BCUT2D eigenvalue weighted by atomic mass is 9.93. The summed E-state index contributed by atoms with van der Waals surface area (Å²) in [5, 5.41) is 15.2. The number of halogens is 4. The number of aliphatic hydroxyl groups is 1. The Morgan fingerprint density at radius 2 is 2.08 bits per heavy atom. The van der Waals surface area contributed by atoms with Crippen molar-refractivity contribution in [3.8, 4) is 11.4 Å². The summed E-state index contributed by atoms with van der Waals surface area (Å²) in [7, 11) is 0. The molecule has 1 heterocycles. The molecule has 136 valence electrons. The second-order valence-electron chi connectivity index (χ2n) is 5.76. The van der Waals surface area contributed by atoms with E-state index in [1.54, 1.807) is 6.92 Å². The average Bonchev–Trinajstić information content (AvgIpc) is 3.06. The zero-order chi connectivity index (χ0) is 18.8. The summed E-state index contributed by atoms with van der Waals surface area (Å²) < 4.78 is 41.7. The molecule has 0 saturated carbocycles. The standard InChI is InChI=1S/C15H15ClF3N3O3/c1-8-5-9(11-21-13(25-22-11)15(17,18)19)3-4-10(8)20-12(24)14(2,6-16)7-23/h3-5,23H,6-7H2,1-2H3,(H,20,24). The summed E-state index contributed by atoms with van der Waals surface area (Å²) in [6.07, 6.45) is -4.72. The first-order valence-electron chi connectivity index (χ1n) is 7.11. The van der Waals surface area contributed by atoms with Crippen molar-refractivity contribution in [2.24, 2.45) is 5.41 Å². The first-order valence-corrected chi connectivity index (χ1v) is 7.64. The quantitative estimate of drug-likeness (QED) is 0.781. The number of anilines is 1. The number of carbonyl (C=O) groups is 1. The van der Waals surface area contributed by atoms with Gasteiger partial charge in [0.15, 0.2) is 0 Å². The number of alkyl halides is 4. The smallest absolute Gasteiger partial charge is 0.395 e. The monoisotopic (exact) mass is 377 g/mol. The van der Waals surface area contributed by atoms with Gasteiger partial charge in [-0.25, -0.2) is 0 Å². The van der Waals surface area contributed by atoms with E-state index in [1.807, 2.05) is 0 Å². The molecular formula is C15H15ClF3N3O3. The normalized spacial score (nSPS) is 14.2. The van der Waals surface area contributed by atoms with E-state index in [9.17, 15) is 23.1 Å². The minimum absolute atomic E-state index is 0.0739. The van der Waals surface area contributed by atoms with E-state index in [0.717, 1.165) is 0 Å². The van der Waals surface area contributed by atoms with Gasteiger partial charge in [-0.1, -0.05) is 5.16 Å². The molecule has 2 rings (SSSR count). The molecule has 0 radical (unpaired) electrons. The van der Waals surface area contributed by atoms with Crippen molar-refractivity contribution >= 4 is 23.2 Å². The van der Waals surface area contributed by atoms with Crippen LogP contribution in [0, 0.1) is 12.3 Å². The van der Waals surface area contributed by atoms with Crippen molar-refractivity contribution in [2.75, 3.05) is 17.8 Å². The lowest BCUT2D eigenvalue weighted by Gasteiger charge is -2.23. The second-order valence-corrected chi connectivity index (χ2v) is 6.02. The molecule has 0 spiro atoms. The summed E-state index contributed by atoms with van der Waals surface area (Å²) in [6.45, 7) is 2.74. The number of rotatable bonds is 5. The molecule has 1 aromatic carbocycles. The topological polar surface area (TPSA) is 88.3 Å². The van der Waals surface area contributed by atoms with E-state index < -0.39 is 30.0 Å². The van der Waals surface area contributed by atoms with Crippen molar-refractivity contribution in [1.82, 2.24) is 10.1 Å². The van der Waals surface area contributed by atoms with E-state index in [0.29, 0.717) is 16.8 Å². The second kappa shape index (κ2) is 7.01. The van der Waals surface area contributed by atoms with Crippen LogP contribution in [-0.2, 0) is 11.0 Å². The number of nitrogens with zero attached hydrogens (tertiary/aromatic N) is 2. The highest BCUT2D eigenvalue weighted by molar-refractivity contribution is 6.20. The van der Waals surface area contributed by atoms with Gasteiger partial charge in [-0.3, -0.25) is 4.79 Å². The lowest BCUT2D eigenvalue weighted by Crippen LogP contribution is -2.38. The Morgan fingerprint density at radius 3 is 2.56 bits per heavy atom. The fraction of sp³-hybridized carbons (Fsp3) is 0.400. The van der Waals surface area contributed by atoms with Gasteiger partial charge in [0.1, 0.15) is 0 Å². The molecule has 0 aliphatic rings. The lowest BCUT2D eigenvalue weighted by molar-refractivity contribution is -0.159. The van der Waals surface area contributed by atoms with Crippen LogP contribution in [0.5, 0.6) is 0 Å². The fourth-order valence-electron chi connectivity index (χ4n) is 1.85. The van der Waals surface area contributed by atoms with Crippen molar-refractivity contribution in [3.05, 3.63) is 29.7 Å². The number of nitrogens with one attached hydrogen (secondary N) is 1. The van der Waals surface area contributed by atoms with Crippen LogP contribution in [0.4, 0.5) is 18.9 Å². The molecule has 6 nitrogen and oxygen atoms in total. The SMILES string of the molecule is Cc1cc(-c2noc(C(F)(F)F)n2)ccc1NC(=O)C(C)(CO)CCl. The van der Waals surface area contributed by atoms with Crippen molar-refractivity contribution in [2.45, 2.75) is 20.0 Å². The summed E-state index contributed by atoms with van der Waals surface area (Å²) in [6, 6.07) is 4.46. The highest BCUT2D eigenvalue weighted by atomic mass is 35.5. The molecule has 2 N–H and O–H groups in total. The van der Waals surface area contributed by atoms with Gasteiger partial charge < -0.3 is 14.9 Å². The number of aromatic nitrogens is 2. The maximum absolute atomic E-state index is 12.5. The Morgan fingerprint density at radius 1 is 1.40 bits per heavy atom. The molecule has 1 atom stereocenters. The molecule has 0 fully saturated rings. The van der Waals surface area contributed by atoms with Gasteiger partial charge in [0.2, 0.25) is 11.7 Å². The third-order valence-electron chi connectivity index (χ3n) is 3.59.